The number of nitrogens with zero attached hydrogens (tertiary/aromatic N) is 4. The van der Waals surface area contributed by atoms with Gasteiger partial charge in [-0.15, -0.1) is 11.8 Å². The molecule has 0 atom stereocenters. The lowest BCUT2D eigenvalue weighted by atomic mass is 10.2. The number of benzene rings is 1. The molecule has 0 fully saturated rings. The van der Waals surface area contributed by atoms with Gasteiger partial charge in [0.15, 0.2) is 0 Å². The number of anilines is 2. The lowest BCUT2D eigenvalue weighted by molar-refractivity contribution is 1.01. The number of hydrogen-bond donors (Lipinski definition) is 0. The van der Waals surface area contributed by atoms with E-state index < -0.39 is 0 Å². The van der Waals surface area contributed by atoms with Crippen LogP contribution >= 0.6 is 11.8 Å². The highest BCUT2D eigenvalue weighted by atomic mass is 32.2. The van der Waals surface area contributed by atoms with E-state index in [1.165, 1.54) is 0 Å². The van der Waals surface area contributed by atoms with E-state index >= 15 is 0 Å². The molecule has 0 aliphatic heterocycles. The van der Waals surface area contributed by atoms with Crippen molar-refractivity contribution < 1.29 is 0 Å². The van der Waals surface area contributed by atoms with Crippen LogP contribution in [0.3, 0.4) is 0 Å². The zero-order valence-electron chi connectivity index (χ0n) is 10.2. The highest BCUT2D eigenvalue weighted by Crippen LogP contribution is 2.23. The van der Waals surface area contributed by atoms with Crippen LogP contribution in [0.4, 0.5) is 11.5 Å². The molecular formula is C13H12N4S. The van der Waals surface area contributed by atoms with Gasteiger partial charge < -0.3 is 4.90 Å². The normalized spacial score (nSPS) is 9.83. The Labute approximate surface area is 110 Å². The number of thioether (sulfide) groups is 1. The van der Waals surface area contributed by atoms with Crippen molar-refractivity contribution in [3.63, 3.8) is 0 Å². The minimum absolute atomic E-state index is 0.652. The Bertz CT molecular complexity index is 574. The Balaban J connectivity index is 2.29. The third-order valence-electron chi connectivity index (χ3n) is 2.56. The van der Waals surface area contributed by atoms with Crippen LogP contribution in [-0.4, -0.2) is 23.3 Å². The third kappa shape index (κ3) is 2.60. The van der Waals surface area contributed by atoms with E-state index in [0.29, 0.717) is 5.56 Å². The van der Waals surface area contributed by atoms with Gasteiger partial charge in [-0.05, 0) is 30.5 Å². The summed E-state index contributed by atoms with van der Waals surface area (Å²) >= 11 is 1.58. The van der Waals surface area contributed by atoms with E-state index in [-0.39, 0.29) is 0 Å². The smallest absolute Gasteiger partial charge is 0.137 e. The first-order chi connectivity index (χ1) is 8.74. The molecule has 4 nitrogen and oxygen atoms in total. The van der Waals surface area contributed by atoms with Gasteiger partial charge in [0.05, 0.1) is 11.6 Å². The molecule has 0 amide bonds. The van der Waals surface area contributed by atoms with E-state index in [1.807, 2.05) is 36.4 Å². The molecule has 0 unspecified atom stereocenters. The first-order valence-corrected chi connectivity index (χ1v) is 6.57. The maximum atomic E-state index is 8.77. The number of hydrogen-bond acceptors (Lipinski definition) is 5. The molecule has 2 rings (SSSR count). The average molecular weight is 256 g/mol. The summed E-state index contributed by atoms with van der Waals surface area (Å²) in [6.07, 6.45) is 3.54. The van der Waals surface area contributed by atoms with Crippen LogP contribution < -0.4 is 4.90 Å². The molecule has 0 aliphatic rings. The Kier molecular flexibility index (Phi) is 3.80. The zero-order valence-corrected chi connectivity index (χ0v) is 11.0. The fraction of sp³-hybridized carbons (Fsp3) is 0.154. The van der Waals surface area contributed by atoms with E-state index in [9.17, 15) is 0 Å². The summed E-state index contributed by atoms with van der Waals surface area (Å²) in [6.45, 7) is 0. The summed E-state index contributed by atoms with van der Waals surface area (Å²) in [5, 5.41) is 9.70. The molecule has 5 heteroatoms. The summed E-state index contributed by atoms with van der Waals surface area (Å²) in [5.41, 5.74) is 1.64. The Hall–Kier alpha value is -2.06. The number of aromatic nitrogens is 2. The maximum absolute atomic E-state index is 8.77. The van der Waals surface area contributed by atoms with Gasteiger partial charge in [0.1, 0.15) is 17.2 Å². The molecule has 0 saturated carbocycles. The lowest BCUT2D eigenvalue weighted by Crippen LogP contribution is -2.11. The first-order valence-electron chi connectivity index (χ1n) is 5.34. The molecule has 0 bridgehead atoms. The summed E-state index contributed by atoms with van der Waals surface area (Å²) in [4.78, 5) is 10.3. The summed E-state index contributed by atoms with van der Waals surface area (Å²) < 4.78 is 0. The number of nitriles is 1. The fourth-order valence-electron chi connectivity index (χ4n) is 1.52. The Morgan fingerprint density at radius 3 is 2.56 bits per heavy atom. The second-order valence-electron chi connectivity index (χ2n) is 3.64. The zero-order chi connectivity index (χ0) is 13.0. The minimum atomic E-state index is 0.652. The van der Waals surface area contributed by atoms with Crippen molar-refractivity contribution >= 4 is 23.3 Å². The topological polar surface area (TPSA) is 52.8 Å². The van der Waals surface area contributed by atoms with Gasteiger partial charge in [-0.25, -0.2) is 9.97 Å². The highest BCUT2D eigenvalue weighted by molar-refractivity contribution is 7.98. The van der Waals surface area contributed by atoms with E-state index in [2.05, 4.69) is 16.0 Å². The van der Waals surface area contributed by atoms with Crippen molar-refractivity contribution in [2.24, 2.45) is 0 Å². The molecule has 1 aromatic carbocycles. The second kappa shape index (κ2) is 5.52. The Morgan fingerprint density at radius 2 is 1.94 bits per heavy atom. The van der Waals surface area contributed by atoms with Crippen molar-refractivity contribution in [2.75, 3.05) is 18.2 Å². The predicted octanol–water partition coefficient (Wildman–Crippen LogP) is 2.84. The molecule has 1 heterocycles. The summed E-state index contributed by atoms with van der Waals surface area (Å²) in [7, 11) is 1.94. The molecule has 90 valence electrons. The predicted molar refractivity (Wildman–Crippen MR) is 73.0 cm³/mol. The molecule has 0 spiro atoms. The van der Waals surface area contributed by atoms with Crippen molar-refractivity contribution in [3.8, 4) is 6.07 Å². The van der Waals surface area contributed by atoms with Crippen LogP contribution in [0.5, 0.6) is 0 Å². The Morgan fingerprint density at radius 1 is 1.22 bits per heavy atom. The van der Waals surface area contributed by atoms with E-state index in [4.69, 9.17) is 5.26 Å². The van der Waals surface area contributed by atoms with Crippen LogP contribution in [0.2, 0.25) is 0 Å². The molecule has 0 N–H and O–H groups in total. The molecule has 2 aromatic rings. The van der Waals surface area contributed by atoms with E-state index in [1.54, 1.807) is 30.2 Å². The van der Waals surface area contributed by atoms with Crippen molar-refractivity contribution in [2.45, 2.75) is 5.03 Å². The standard InChI is InChI=1S/C13H12N4S/c1-17(11-5-3-10(8-14)4-6-11)12-7-13(18-2)16-9-15-12/h3-7,9H,1-2H3. The summed E-state index contributed by atoms with van der Waals surface area (Å²) in [5.74, 6) is 0.832. The van der Waals surface area contributed by atoms with Gasteiger partial charge in [0.25, 0.3) is 0 Å². The monoisotopic (exact) mass is 256 g/mol. The highest BCUT2D eigenvalue weighted by Gasteiger charge is 2.06. The average Bonchev–Trinajstić information content (AvgIpc) is 2.46. The van der Waals surface area contributed by atoms with Gasteiger partial charge in [-0.3, -0.25) is 0 Å². The van der Waals surface area contributed by atoms with Gasteiger partial charge >= 0.3 is 0 Å². The molecule has 0 saturated heterocycles. The molecule has 18 heavy (non-hydrogen) atoms. The van der Waals surface area contributed by atoms with E-state index in [0.717, 1.165) is 16.5 Å². The van der Waals surface area contributed by atoms with Crippen LogP contribution in [0.15, 0.2) is 41.7 Å². The molecule has 1 aromatic heterocycles. The van der Waals surface area contributed by atoms with Crippen molar-refractivity contribution in [1.29, 1.82) is 5.26 Å². The lowest BCUT2D eigenvalue weighted by Gasteiger charge is -2.18. The van der Waals surface area contributed by atoms with Gasteiger partial charge in [-0.2, -0.15) is 5.26 Å². The van der Waals surface area contributed by atoms with Crippen LogP contribution in [0, 0.1) is 11.3 Å². The molecular weight excluding hydrogens is 244 g/mol. The fourth-order valence-corrected chi connectivity index (χ4v) is 1.89. The van der Waals surface area contributed by atoms with Gasteiger partial charge in [0.2, 0.25) is 0 Å². The SMILES string of the molecule is CSc1cc(N(C)c2ccc(C#N)cc2)ncn1. The maximum Gasteiger partial charge on any atom is 0.137 e. The van der Waals surface area contributed by atoms with Crippen molar-refractivity contribution in [3.05, 3.63) is 42.2 Å². The van der Waals surface area contributed by atoms with Crippen LogP contribution in [0.25, 0.3) is 0 Å². The second-order valence-corrected chi connectivity index (χ2v) is 4.46. The quantitative estimate of drug-likeness (QED) is 0.624. The summed E-state index contributed by atoms with van der Waals surface area (Å²) in [6, 6.07) is 11.4. The van der Waals surface area contributed by atoms with Crippen molar-refractivity contribution in [1.82, 2.24) is 9.97 Å². The third-order valence-corrected chi connectivity index (χ3v) is 3.21. The largest absolute Gasteiger partial charge is 0.329 e. The number of rotatable bonds is 3. The van der Waals surface area contributed by atoms with Gasteiger partial charge in [0, 0.05) is 18.8 Å². The van der Waals surface area contributed by atoms with Crippen LogP contribution in [0.1, 0.15) is 5.56 Å². The van der Waals surface area contributed by atoms with Gasteiger partial charge in [-0.1, -0.05) is 0 Å². The van der Waals surface area contributed by atoms with Crippen LogP contribution in [-0.2, 0) is 0 Å². The molecule has 0 aliphatic carbocycles. The molecule has 0 radical (unpaired) electrons. The minimum Gasteiger partial charge on any atom is -0.329 e. The first kappa shape index (κ1) is 12.4.